The minimum Gasteiger partial charge on any atom is -0.487 e. The Kier molecular flexibility index (Phi) is 7.19. The summed E-state index contributed by atoms with van der Waals surface area (Å²) < 4.78 is 6.04. The van der Waals surface area contributed by atoms with Crippen LogP contribution in [0, 0.1) is 20.8 Å². The molecule has 1 aromatic carbocycles. The van der Waals surface area contributed by atoms with Gasteiger partial charge in [-0.3, -0.25) is 0 Å². The molecule has 5 heteroatoms. The lowest BCUT2D eigenvalue weighted by Crippen LogP contribution is -2.30. The molecule has 1 heterocycles. The summed E-state index contributed by atoms with van der Waals surface area (Å²) in [5.74, 6) is 1.63. The van der Waals surface area contributed by atoms with E-state index in [1.54, 1.807) is 0 Å². The molecule has 0 amide bonds. The fourth-order valence-electron chi connectivity index (χ4n) is 2.52. The zero-order valence-corrected chi connectivity index (χ0v) is 16.3. The van der Waals surface area contributed by atoms with Crippen LogP contribution in [0.3, 0.4) is 0 Å². The maximum atomic E-state index is 6.04. The average Bonchev–Trinajstić information content (AvgIpc) is 2.60. The molecule has 4 nitrogen and oxygen atoms in total. The van der Waals surface area contributed by atoms with Gasteiger partial charge >= 0.3 is 0 Å². The molecule has 0 bridgehead atoms. The van der Waals surface area contributed by atoms with Gasteiger partial charge in [0.2, 0.25) is 0 Å². The van der Waals surface area contributed by atoms with Gasteiger partial charge in [0, 0.05) is 6.54 Å². The number of rotatable bonds is 7. The Bertz CT molecular complexity index is 717. The number of hydrogen-bond donors (Lipinski definition) is 2. The largest absolute Gasteiger partial charge is 0.487 e. The van der Waals surface area contributed by atoms with Gasteiger partial charge in [-0.1, -0.05) is 43.7 Å². The van der Waals surface area contributed by atoms with Crippen LogP contribution in [0.15, 0.2) is 30.3 Å². The molecule has 25 heavy (non-hydrogen) atoms. The van der Waals surface area contributed by atoms with E-state index in [1.807, 2.05) is 32.0 Å². The van der Waals surface area contributed by atoms with Crippen LogP contribution < -0.4 is 15.4 Å². The summed E-state index contributed by atoms with van der Waals surface area (Å²) in [6.45, 7) is 9.62. The van der Waals surface area contributed by atoms with E-state index in [4.69, 9.17) is 17.0 Å². The predicted molar refractivity (Wildman–Crippen MR) is 108 cm³/mol. The molecule has 1 aromatic heterocycles. The molecule has 0 aliphatic heterocycles. The molecule has 0 radical (unpaired) electrons. The van der Waals surface area contributed by atoms with Gasteiger partial charge in [-0.25, -0.2) is 4.98 Å². The Morgan fingerprint density at radius 3 is 2.52 bits per heavy atom. The van der Waals surface area contributed by atoms with Crippen LogP contribution in [0.25, 0.3) is 0 Å². The normalized spacial score (nSPS) is 10.4. The van der Waals surface area contributed by atoms with Crippen molar-refractivity contribution in [3.63, 3.8) is 0 Å². The third-order valence-corrected chi connectivity index (χ3v) is 4.39. The van der Waals surface area contributed by atoms with Crippen molar-refractivity contribution in [1.82, 2.24) is 10.3 Å². The first-order chi connectivity index (χ1) is 12.0. The van der Waals surface area contributed by atoms with Crippen LogP contribution in [-0.4, -0.2) is 16.6 Å². The summed E-state index contributed by atoms with van der Waals surface area (Å²) >= 11 is 5.35. The molecule has 2 N–H and O–H groups in total. The summed E-state index contributed by atoms with van der Waals surface area (Å²) in [4.78, 5) is 4.65. The minimum absolute atomic E-state index is 0.535. The van der Waals surface area contributed by atoms with Gasteiger partial charge in [0.1, 0.15) is 18.2 Å². The van der Waals surface area contributed by atoms with E-state index in [1.165, 1.54) is 0 Å². The van der Waals surface area contributed by atoms with Crippen LogP contribution >= 0.6 is 12.2 Å². The van der Waals surface area contributed by atoms with Gasteiger partial charge in [-0.2, -0.15) is 0 Å². The molecule has 0 unspecified atom stereocenters. The van der Waals surface area contributed by atoms with Gasteiger partial charge in [-0.05, 0) is 56.1 Å². The highest BCUT2D eigenvalue weighted by Gasteiger charge is 2.14. The number of aryl methyl sites for hydroxylation is 1. The van der Waals surface area contributed by atoms with Crippen molar-refractivity contribution in [2.24, 2.45) is 0 Å². The number of anilines is 1. The van der Waals surface area contributed by atoms with E-state index in [0.717, 1.165) is 53.3 Å². The molecular weight excluding hydrogens is 330 g/mol. The fourth-order valence-corrected chi connectivity index (χ4v) is 2.71. The van der Waals surface area contributed by atoms with E-state index in [0.29, 0.717) is 11.7 Å². The second-order valence-corrected chi connectivity index (χ2v) is 6.54. The maximum absolute atomic E-state index is 6.04. The number of aromatic nitrogens is 1. The highest BCUT2D eigenvalue weighted by atomic mass is 32.1. The van der Waals surface area contributed by atoms with Crippen molar-refractivity contribution >= 4 is 23.1 Å². The summed E-state index contributed by atoms with van der Waals surface area (Å²) in [5.41, 5.74) is 4.14. The maximum Gasteiger partial charge on any atom is 0.171 e. The zero-order valence-electron chi connectivity index (χ0n) is 15.5. The van der Waals surface area contributed by atoms with Gasteiger partial charge in [0.25, 0.3) is 0 Å². The smallest absolute Gasteiger partial charge is 0.171 e. The van der Waals surface area contributed by atoms with Gasteiger partial charge in [0.05, 0.1) is 5.69 Å². The van der Waals surface area contributed by atoms with Gasteiger partial charge < -0.3 is 15.4 Å². The first-order valence-corrected chi connectivity index (χ1v) is 9.13. The van der Waals surface area contributed by atoms with E-state index in [-0.39, 0.29) is 0 Å². The topological polar surface area (TPSA) is 46.2 Å². The number of nitrogens with zero attached hydrogens (tertiary/aromatic N) is 1. The Hall–Kier alpha value is -2.14. The third kappa shape index (κ3) is 5.43. The molecule has 0 aliphatic rings. The summed E-state index contributed by atoms with van der Waals surface area (Å²) in [6.07, 6.45) is 2.23. The molecule has 134 valence electrons. The molecule has 0 atom stereocenters. The molecular formula is C20H27N3OS. The number of benzene rings is 1. The standard InChI is InChI=1S/C20H27N3OS/c1-5-6-12-21-20(25)23-19-15(3)14(2)18(16(4)22-19)24-13-17-10-8-7-9-11-17/h7-11H,5-6,12-13H2,1-4H3,(H2,21,22,23,25). The van der Waals surface area contributed by atoms with Crippen LogP contribution in [0.1, 0.15) is 42.1 Å². The van der Waals surface area contributed by atoms with Crippen molar-refractivity contribution in [3.05, 3.63) is 52.7 Å². The number of nitrogens with one attached hydrogen (secondary N) is 2. The summed E-state index contributed by atoms with van der Waals surface area (Å²) in [5, 5.41) is 7.03. The average molecular weight is 358 g/mol. The highest BCUT2D eigenvalue weighted by Crippen LogP contribution is 2.29. The second-order valence-electron chi connectivity index (χ2n) is 6.13. The zero-order chi connectivity index (χ0) is 18.2. The first kappa shape index (κ1) is 19.2. The monoisotopic (exact) mass is 357 g/mol. The van der Waals surface area contributed by atoms with Crippen molar-refractivity contribution in [3.8, 4) is 5.75 Å². The highest BCUT2D eigenvalue weighted by molar-refractivity contribution is 7.80. The number of thiocarbonyl (C=S) groups is 1. The Morgan fingerprint density at radius 2 is 1.84 bits per heavy atom. The molecule has 0 aliphatic carbocycles. The summed E-state index contributed by atoms with van der Waals surface area (Å²) in [7, 11) is 0. The lowest BCUT2D eigenvalue weighted by atomic mass is 10.1. The van der Waals surface area contributed by atoms with E-state index in [2.05, 4.69) is 41.6 Å². The molecule has 0 spiro atoms. The minimum atomic E-state index is 0.535. The van der Waals surface area contributed by atoms with Gasteiger partial charge in [-0.15, -0.1) is 0 Å². The molecule has 2 aromatic rings. The molecule has 2 rings (SSSR count). The van der Waals surface area contributed by atoms with Crippen molar-refractivity contribution in [1.29, 1.82) is 0 Å². The second kappa shape index (κ2) is 9.37. The molecule has 0 saturated carbocycles. The van der Waals surface area contributed by atoms with Crippen molar-refractivity contribution < 1.29 is 4.74 Å². The van der Waals surface area contributed by atoms with Crippen LogP contribution in [0.4, 0.5) is 5.82 Å². The Labute approximate surface area is 156 Å². The molecule has 0 fully saturated rings. The Morgan fingerprint density at radius 1 is 1.12 bits per heavy atom. The lowest BCUT2D eigenvalue weighted by Gasteiger charge is -2.18. The van der Waals surface area contributed by atoms with E-state index in [9.17, 15) is 0 Å². The van der Waals surface area contributed by atoms with Gasteiger partial charge in [0.15, 0.2) is 5.11 Å². The lowest BCUT2D eigenvalue weighted by molar-refractivity contribution is 0.300. The number of pyridine rings is 1. The number of hydrogen-bond acceptors (Lipinski definition) is 3. The number of unbranched alkanes of at least 4 members (excludes halogenated alkanes) is 1. The van der Waals surface area contributed by atoms with Crippen LogP contribution in [-0.2, 0) is 6.61 Å². The van der Waals surface area contributed by atoms with Crippen LogP contribution in [0.2, 0.25) is 0 Å². The predicted octanol–water partition coefficient (Wildman–Crippen LogP) is 4.67. The van der Waals surface area contributed by atoms with Crippen molar-refractivity contribution in [2.45, 2.75) is 47.1 Å². The quantitative estimate of drug-likeness (QED) is 0.557. The number of ether oxygens (including phenoxy) is 1. The fraction of sp³-hybridized carbons (Fsp3) is 0.400. The summed E-state index contributed by atoms with van der Waals surface area (Å²) in [6, 6.07) is 10.1. The first-order valence-electron chi connectivity index (χ1n) is 8.72. The SMILES string of the molecule is CCCCNC(=S)Nc1nc(C)c(OCc2ccccc2)c(C)c1C. The Balaban J connectivity index is 2.08. The van der Waals surface area contributed by atoms with Crippen LogP contribution in [0.5, 0.6) is 5.75 Å². The third-order valence-electron chi connectivity index (χ3n) is 4.14. The van der Waals surface area contributed by atoms with E-state index >= 15 is 0 Å². The molecule has 0 saturated heterocycles. The van der Waals surface area contributed by atoms with E-state index < -0.39 is 0 Å². The van der Waals surface area contributed by atoms with Crippen molar-refractivity contribution in [2.75, 3.05) is 11.9 Å².